The minimum absolute atomic E-state index is 0. The van der Waals surface area contributed by atoms with Crippen molar-refractivity contribution in [2.45, 2.75) is 0 Å². The average molecular weight is 300 g/mol. The second-order valence-corrected chi connectivity index (χ2v) is 4.29. The van der Waals surface area contributed by atoms with E-state index in [0.29, 0.717) is 0 Å². The van der Waals surface area contributed by atoms with Crippen LogP contribution < -0.4 is 0 Å². The van der Waals surface area contributed by atoms with Gasteiger partial charge in [-0.05, 0) is 0 Å². The Bertz CT molecular complexity index is 120. The summed E-state index contributed by atoms with van der Waals surface area (Å²) in [6, 6.07) is 0. The second-order valence-electron chi connectivity index (χ2n) is 1.04. The van der Waals surface area contributed by atoms with E-state index < -0.39 is 12.8 Å². The molecule has 6 heteroatoms. The molecule has 0 spiro atoms. The average Bonchev–Trinajstić information content (AvgIpc) is 1.95. The second kappa shape index (κ2) is 5.69. The molecule has 0 aliphatic heterocycles. The van der Waals surface area contributed by atoms with E-state index in [2.05, 4.69) is 0 Å². The van der Waals surface area contributed by atoms with Gasteiger partial charge in [0, 0.05) is 0 Å². The normalized spacial score (nSPS) is 10.4. The van der Waals surface area contributed by atoms with E-state index in [4.69, 9.17) is 0 Å². The van der Waals surface area contributed by atoms with Crippen molar-refractivity contribution in [3.63, 3.8) is 0 Å². The number of hydrogen-bond donors (Lipinski definition) is 0. The van der Waals surface area contributed by atoms with Gasteiger partial charge in [-0.15, -0.1) is 24.0 Å². The van der Waals surface area contributed by atoms with Crippen LogP contribution in [0, 0.1) is 0 Å². The van der Waals surface area contributed by atoms with Crippen LogP contribution in [0.25, 0.3) is 0 Å². The van der Waals surface area contributed by atoms with E-state index in [1.807, 2.05) is 0 Å². The van der Waals surface area contributed by atoms with Gasteiger partial charge < -0.3 is 0 Å². The summed E-state index contributed by atoms with van der Waals surface area (Å²) in [4.78, 5) is 39.5. The van der Waals surface area contributed by atoms with Gasteiger partial charge in [0.15, 0.2) is 0 Å². The Morgan fingerprint density at radius 1 is 0.700 bits per heavy atom. The van der Waals surface area contributed by atoms with Gasteiger partial charge in [0.2, 0.25) is 0 Å². The first-order chi connectivity index (χ1) is 4.24. The van der Waals surface area contributed by atoms with Crippen LogP contribution in [-0.4, -0.2) is 20.7 Å². The topological polar surface area (TPSA) is 68.3 Å². The molecular weight excluding hydrogens is 295 g/mol. The predicted octanol–water partition coefficient (Wildman–Crippen LogP) is -0.481. The Hall–Kier alpha value is -0.0705. The van der Waals surface area contributed by atoms with Crippen LogP contribution in [-0.2, 0) is 32.0 Å². The summed E-state index contributed by atoms with van der Waals surface area (Å²) in [5, 5.41) is 0.500. The van der Waals surface area contributed by atoms with Gasteiger partial charge in [-0.2, -0.15) is 0 Å². The van der Waals surface area contributed by atoms with E-state index in [1.54, 1.807) is 0 Å². The Labute approximate surface area is 76.6 Å². The Morgan fingerprint density at radius 2 is 0.900 bits per heavy atom. The SMILES string of the molecule is I.O=[CH][Fe]([CH]=O)([CH]=O)[CH]=O. The number of hydrogen-bond acceptors (Lipinski definition) is 4. The number of halogens is 1. The van der Waals surface area contributed by atoms with Gasteiger partial charge >= 0.3 is 52.8 Å². The molecule has 0 amide bonds. The van der Waals surface area contributed by atoms with Gasteiger partial charge in [-0.3, -0.25) is 0 Å². The molecule has 0 heterocycles. The zero-order chi connectivity index (χ0) is 7.33. The van der Waals surface area contributed by atoms with Gasteiger partial charge in [0.1, 0.15) is 0 Å². The summed E-state index contributed by atoms with van der Waals surface area (Å²) in [6.45, 7) is 0. The zero-order valence-electron chi connectivity index (χ0n) is 4.70. The Kier molecular flexibility index (Phi) is 7.17. The van der Waals surface area contributed by atoms with Crippen molar-refractivity contribution in [3.8, 4) is 0 Å². The summed E-state index contributed by atoms with van der Waals surface area (Å²) in [5.41, 5.74) is 0. The molecule has 0 unspecified atom stereocenters. The molecule has 0 aromatic carbocycles. The van der Waals surface area contributed by atoms with Crippen molar-refractivity contribution in [2.24, 2.45) is 0 Å². The standard InChI is InChI=1S/4CHO.Fe.HI/c4*1-2;;/h4*1H;;1H. The quantitative estimate of drug-likeness (QED) is 0.399. The van der Waals surface area contributed by atoms with Crippen molar-refractivity contribution in [2.75, 3.05) is 0 Å². The minimum atomic E-state index is -3.28. The monoisotopic (exact) mass is 300 g/mol. The van der Waals surface area contributed by atoms with E-state index in [1.165, 1.54) is 0 Å². The molecule has 0 aliphatic rings. The molecule has 0 rings (SSSR count). The van der Waals surface area contributed by atoms with Crippen molar-refractivity contribution in [1.82, 2.24) is 0 Å². The molecule has 60 valence electrons. The van der Waals surface area contributed by atoms with E-state index >= 15 is 0 Å². The molecule has 0 saturated carbocycles. The van der Waals surface area contributed by atoms with Crippen molar-refractivity contribution >= 4 is 44.7 Å². The molecule has 0 atom stereocenters. The van der Waals surface area contributed by atoms with Crippen molar-refractivity contribution in [1.29, 1.82) is 0 Å². The molecule has 0 aliphatic carbocycles. The van der Waals surface area contributed by atoms with Crippen LogP contribution in [0.15, 0.2) is 0 Å². The summed E-state index contributed by atoms with van der Waals surface area (Å²) >= 11 is -3.28. The van der Waals surface area contributed by atoms with E-state index in [-0.39, 0.29) is 44.7 Å². The Morgan fingerprint density at radius 3 is 0.900 bits per heavy atom. The fourth-order valence-corrected chi connectivity index (χ4v) is 0.486. The molecule has 10 heavy (non-hydrogen) atoms. The maximum atomic E-state index is 9.88. The van der Waals surface area contributed by atoms with Crippen LogP contribution >= 0.6 is 24.0 Å². The first kappa shape index (κ1) is 12.6. The van der Waals surface area contributed by atoms with Crippen LogP contribution in [0.2, 0.25) is 0 Å². The summed E-state index contributed by atoms with van der Waals surface area (Å²) in [6.07, 6.45) is 0. The summed E-state index contributed by atoms with van der Waals surface area (Å²) in [7, 11) is 0. The molecule has 0 aromatic heterocycles. The number of carbonyl (C=O) groups is 4. The van der Waals surface area contributed by atoms with Crippen LogP contribution in [0.3, 0.4) is 0 Å². The third-order valence-corrected chi connectivity index (χ3v) is 2.38. The first-order valence-corrected chi connectivity index (χ1v) is 4.31. The molecule has 0 saturated heterocycles. The van der Waals surface area contributed by atoms with Crippen molar-refractivity contribution < 1.29 is 32.0 Å². The predicted molar refractivity (Wildman–Crippen MR) is 42.4 cm³/mol. The fourth-order valence-electron chi connectivity index (χ4n) is 0.118. The Balaban J connectivity index is 0. The molecule has 0 N–H and O–H groups in total. The van der Waals surface area contributed by atoms with Crippen LogP contribution in [0.1, 0.15) is 0 Å². The number of carbonyl (C=O) groups excluding carboxylic acids is 4. The van der Waals surface area contributed by atoms with E-state index in [0.717, 1.165) is 0 Å². The zero-order valence-corrected chi connectivity index (χ0v) is 8.14. The van der Waals surface area contributed by atoms with Gasteiger partial charge in [0.05, 0.1) is 0 Å². The third kappa shape index (κ3) is 2.68. The third-order valence-electron chi connectivity index (χ3n) is 0.577. The molecule has 0 aromatic rings. The van der Waals surface area contributed by atoms with Crippen LogP contribution in [0.4, 0.5) is 0 Å². The van der Waals surface area contributed by atoms with Crippen molar-refractivity contribution in [3.05, 3.63) is 0 Å². The molecular formula is C4H5FeIO4. The molecule has 0 bridgehead atoms. The van der Waals surface area contributed by atoms with Gasteiger partial charge in [0.25, 0.3) is 0 Å². The summed E-state index contributed by atoms with van der Waals surface area (Å²) in [5.74, 6) is 0. The molecule has 0 fully saturated rings. The van der Waals surface area contributed by atoms with E-state index in [9.17, 15) is 19.2 Å². The number of rotatable bonds is 4. The maximum absolute atomic E-state index is 9.88. The molecule has 0 radical (unpaired) electrons. The summed E-state index contributed by atoms with van der Waals surface area (Å²) < 4.78 is 0. The van der Waals surface area contributed by atoms with Gasteiger partial charge in [-0.1, -0.05) is 0 Å². The molecule has 4 nitrogen and oxygen atoms in total. The van der Waals surface area contributed by atoms with Crippen LogP contribution in [0.5, 0.6) is 0 Å². The van der Waals surface area contributed by atoms with Gasteiger partial charge in [-0.25, -0.2) is 0 Å². The fraction of sp³-hybridized carbons (Fsp3) is 0. The first-order valence-electron chi connectivity index (χ1n) is 1.76.